The fourth-order valence-corrected chi connectivity index (χ4v) is 5.07. The van der Waals surface area contributed by atoms with Crippen LogP contribution in [-0.4, -0.2) is 25.2 Å². The summed E-state index contributed by atoms with van der Waals surface area (Å²) in [5.41, 5.74) is -0.0929. The number of nitrogens with zero attached hydrogens (tertiary/aromatic N) is 1. The van der Waals surface area contributed by atoms with Crippen LogP contribution >= 0.6 is 0 Å². The zero-order chi connectivity index (χ0) is 26.8. The lowest BCUT2D eigenvalue weighted by Gasteiger charge is -2.36. The van der Waals surface area contributed by atoms with Gasteiger partial charge in [0.25, 0.3) is 0 Å². The first-order chi connectivity index (χ1) is 17.7. The molecule has 2 aromatic carbocycles. The Morgan fingerprint density at radius 3 is 2.03 bits per heavy atom. The summed E-state index contributed by atoms with van der Waals surface area (Å²) < 4.78 is 51.1. The number of anilines is 1. The molecule has 37 heavy (non-hydrogen) atoms. The van der Waals surface area contributed by atoms with Gasteiger partial charge in [-0.05, 0) is 56.7 Å². The minimum atomic E-state index is -4.54. The zero-order valence-electron chi connectivity index (χ0n) is 20.8. The van der Waals surface area contributed by atoms with Crippen molar-refractivity contribution in [1.29, 1.82) is 0 Å². The Hall–Kier alpha value is -3.81. The molecule has 5 nitrogen and oxygen atoms in total. The molecule has 0 aromatic heterocycles. The van der Waals surface area contributed by atoms with E-state index in [1.165, 1.54) is 12.1 Å². The van der Waals surface area contributed by atoms with Gasteiger partial charge in [-0.25, -0.2) is 0 Å². The molecule has 0 spiro atoms. The smallest absolute Gasteiger partial charge is 0.416 e. The van der Waals surface area contributed by atoms with E-state index in [9.17, 15) is 22.8 Å². The number of hydrogen-bond donors (Lipinski definition) is 0. The fourth-order valence-electron chi connectivity index (χ4n) is 5.07. The number of ether oxygens (including phenoxy) is 2. The normalized spacial score (nSPS) is 20.2. The van der Waals surface area contributed by atoms with Crippen molar-refractivity contribution in [1.82, 2.24) is 0 Å². The Bertz CT molecular complexity index is 1230. The first kappa shape index (κ1) is 26.3. The monoisotopic (exact) mass is 511 g/mol. The Kier molecular flexibility index (Phi) is 7.30. The topological polar surface area (TPSA) is 55.8 Å². The van der Waals surface area contributed by atoms with Crippen molar-refractivity contribution in [3.63, 3.8) is 0 Å². The van der Waals surface area contributed by atoms with Crippen molar-refractivity contribution < 1.29 is 32.2 Å². The van der Waals surface area contributed by atoms with E-state index in [1.807, 2.05) is 42.2 Å². The Balaban J connectivity index is 2.05. The molecule has 1 heterocycles. The van der Waals surface area contributed by atoms with Crippen LogP contribution in [0.4, 0.5) is 18.9 Å². The van der Waals surface area contributed by atoms with Crippen LogP contribution in [0.3, 0.4) is 0 Å². The third-order valence-electron chi connectivity index (χ3n) is 6.66. The number of carbonyl (C=O) groups is 2. The Morgan fingerprint density at radius 1 is 0.892 bits per heavy atom. The van der Waals surface area contributed by atoms with Crippen molar-refractivity contribution in [3.05, 3.63) is 101 Å². The Morgan fingerprint density at radius 2 is 1.49 bits per heavy atom. The van der Waals surface area contributed by atoms with Gasteiger partial charge in [-0.15, -0.1) is 0 Å². The summed E-state index contributed by atoms with van der Waals surface area (Å²) in [6.07, 6.45) is 4.34. The maximum atomic E-state index is 13.9. The summed E-state index contributed by atoms with van der Waals surface area (Å²) in [6.45, 7) is 5.23. The molecule has 4 rings (SSSR count). The van der Waals surface area contributed by atoms with Crippen LogP contribution in [0.1, 0.15) is 36.6 Å². The van der Waals surface area contributed by atoms with Crippen LogP contribution in [0.5, 0.6) is 0 Å². The van der Waals surface area contributed by atoms with Crippen molar-refractivity contribution in [3.8, 4) is 0 Å². The van der Waals surface area contributed by atoms with Crippen molar-refractivity contribution in [2.24, 2.45) is 11.3 Å². The molecule has 2 aliphatic rings. The van der Waals surface area contributed by atoms with Gasteiger partial charge < -0.3 is 14.4 Å². The van der Waals surface area contributed by atoms with E-state index in [1.54, 1.807) is 38.2 Å². The maximum Gasteiger partial charge on any atom is 0.416 e. The number of esters is 2. The maximum absolute atomic E-state index is 13.9. The second kappa shape index (κ2) is 10.3. The summed E-state index contributed by atoms with van der Waals surface area (Å²) in [7, 11) is 0. The number of benzene rings is 2. The zero-order valence-corrected chi connectivity index (χ0v) is 20.8. The van der Waals surface area contributed by atoms with Gasteiger partial charge in [-0.2, -0.15) is 13.2 Å². The number of halogens is 3. The van der Waals surface area contributed by atoms with Gasteiger partial charge in [0.15, 0.2) is 0 Å². The van der Waals surface area contributed by atoms with Gasteiger partial charge in [-0.3, -0.25) is 9.59 Å². The van der Waals surface area contributed by atoms with E-state index < -0.39 is 41.1 Å². The molecule has 0 saturated carbocycles. The van der Waals surface area contributed by atoms with Crippen LogP contribution in [0.2, 0.25) is 0 Å². The molecule has 1 saturated heterocycles. The first-order valence-corrected chi connectivity index (χ1v) is 12.1. The molecular weight excluding hydrogens is 483 g/mol. The molecule has 194 valence electrons. The van der Waals surface area contributed by atoms with Gasteiger partial charge >= 0.3 is 18.1 Å². The molecule has 1 fully saturated rings. The van der Waals surface area contributed by atoms with Gasteiger partial charge in [0.2, 0.25) is 5.41 Å². The van der Waals surface area contributed by atoms with E-state index in [4.69, 9.17) is 9.47 Å². The average molecular weight is 512 g/mol. The fraction of sp³-hybridized carbons (Fsp3) is 0.310. The predicted octanol–water partition coefficient (Wildman–Crippen LogP) is 6.31. The average Bonchev–Trinajstić information content (AvgIpc) is 2.97. The molecule has 0 unspecified atom stereocenters. The minimum absolute atomic E-state index is 0.0119. The van der Waals surface area contributed by atoms with Crippen LogP contribution in [0, 0.1) is 18.3 Å². The van der Waals surface area contributed by atoms with E-state index in [0.29, 0.717) is 16.9 Å². The lowest BCUT2D eigenvalue weighted by molar-refractivity contribution is -0.175. The van der Waals surface area contributed by atoms with E-state index >= 15 is 0 Å². The second-order valence-electron chi connectivity index (χ2n) is 8.88. The van der Waals surface area contributed by atoms with Crippen LogP contribution in [0.25, 0.3) is 0 Å². The number of fused-ring (bicyclic) bond motifs is 1. The molecule has 1 aliphatic carbocycles. The summed E-state index contributed by atoms with van der Waals surface area (Å²) >= 11 is 0. The van der Waals surface area contributed by atoms with Gasteiger partial charge in [0.1, 0.15) is 0 Å². The molecule has 1 aliphatic heterocycles. The lowest BCUT2D eigenvalue weighted by atomic mass is 9.69. The Labute approximate surface area is 213 Å². The summed E-state index contributed by atoms with van der Waals surface area (Å²) in [5, 5.41) is 0. The van der Waals surface area contributed by atoms with Crippen LogP contribution < -0.4 is 4.90 Å². The van der Waals surface area contributed by atoms with Crippen LogP contribution in [-0.2, 0) is 25.2 Å². The number of hydrogen-bond acceptors (Lipinski definition) is 5. The largest absolute Gasteiger partial charge is 0.465 e. The highest BCUT2D eigenvalue weighted by atomic mass is 19.4. The van der Waals surface area contributed by atoms with Crippen molar-refractivity contribution in [2.75, 3.05) is 18.1 Å². The summed E-state index contributed by atoms with van der Waals surface area (Å²) in [6, 6.07) is 11.0. The molecule has 8 heteroatoms. The van der Waals surface area contributed by atoms with Crippen molar-refractivity contribution >= 4 is 17.6 Å². The molecule has 2 aromatic rings. The molecular formula is C29H28F3NO4. The van der Waals surface area contributed by atoms with E-state index in [-0.39, 0.29) is 13.2 Å². The molecule has 0 bridgehead atoms. The molecule has 0 amide bonds. The third-order valence-corrected chi connectivity index (χ3v) is 6.66. The number of aryl methyl sites for hydroxylation is 1. The SMILES string of the molecule is CCOC(=O)C1(C(=O)OCC)[C@@H]2C=CC=CC=C2N(c2ccc(C)cc2)[C@H]1c1ccc(C(F)(F)F)cc1. The quantitative estimate of drug-likeness (QED) is 0.336. The number of allylic oxidation sites excluding steroid dienone is 5. The number of rotatable bonds is 6. The van der Waals surface area contributed by atoms with E-state index in [2.05, 4.69) is 0 Å². The number of carbonyl (C=O) groups excluding carboxylic acids is 2. The van der Waals surface area contributed by atoms with Gasteiger partial charge in [-0.1, -0.05) is 54.1 Å². The highest BCUT2D eigenvalue weighted by Crippen LogP contribution is 2.59. The highest BCUT2D eigenvalue weighted by molar-refractivity contribution is 6.04. The molecule has 2 atom stereocenters. The minimum Gasteiger partial charge on any atom is -0.465 e. The standard InChI is InChI=1S/C29H28F3NO4/c1-4-36-26(34)28(27(35)37-5-2)23-9-7-6-8-10-24(23)33(22-17-11-19(3)12-18-22)25(28)20-13-15-21(16-14-20)29(30,31)32/h6-18,23,25H,4-5H2,1-3H3/t23-,25+/m1/s1. The van der Waals surface area contributed by atoms with Gasteiger partial charge in [0, 0.05) is 17.3 Å². The summed E-state index contributed by atoms with van der Waals surface area (Å²) in [5.74, 6) is -2.39. The molecule has 0 N–H and O–H groups in total. The number of alkyl halides is 3. The second-order valence-corrected chi connectivity index (χ2v) is 8.88. The molecule has 0 radical (unpaired) electrons. The van der Waals surface area contributed by atoms with Crippen molar-refractivity contribution in [2.45, 2.75) is 33.0 Å². The highest BCUT2D eigenvalue weighted by Gasteiger charge is 2.68. The third kappa shape index (κ3) is 4.56. The van der Waals surface area contributed by atoms with Crippen LogP contribution in [0.15, 0.2) is 84.6 Å². The van der Waals surface area contributed by atoms with E-state index in [0.717, 1.165) is 17.7 Å². The van der Waals surface area contributed by atoms with Gasteiger partial charge in [0.05, 0.1) is 24.8 Å². The predicted molar refractivity (Wildman–Crippen MR) is 133 cm³/mol. The lowest BCUT2D eigenvalue weighted by Crippen LogP contribution is -2.49. The summed E-state index contributed by atoms with van der Waals surface area (Å²) in [4.78, 5) is 29.6. The first-order valence-electron chi connectivity index (χ1n) is 12.1.